The Morgan fingerprint density at radius 1 is 1.41 bits per heavy atom. The summed E-state index contributed by atoms with van der Waals surface area (Å²) < 4.78 is 6.31. The van der Waals surface area contributed by atoms with Crippen molar-refractivity contribution in [1.82, 2.24) is 0 Å². The van der Waals surface area contributed by atoms with E-state index in [0.717, 1.165) is 28.7 Å². The zero-order valence-electron chi connectivity index (χ0n) is 10.3. The highest BCUT2D eigenvalue weighted by Gasteiger charge is 2.24. The minimum atomic E-state index is -0.460. The summed E-state index contributed by atoms with van der Waals surface area (Å²) in [6.07, 6.45) is 0.872. The van der Waals surface area contributed by atoms with Crippen molar-refractivity contribution in [2.24, 2.45) is 0 Å². The van der Waals surface area contributed by atoms with E-state index in [-0.39, 0.29) is 5.97 Å². The number of anilines is 1. The Morgan fingerprint density at radius 2 is 2.12 bits per heavy atom. The molecule has 17 heavy (non-hydrogen) atoms. The molecule has 0 radical (unpaired) electrons. The zero-order valence-corrected chi connectivity index (χ0v) is 11.8. The van der Waals surface area contributed by atoms with Gasteiger partial charge in [0.25, 0.3) is 0 Å². The minimum Gasteiger partial charge on any atom is -0.456 e. The number of nitrogens with one attached hydrogen (secondary N) is 1. The maximum absolute atomic E-state index is 12.1. The number of carbonyl (C=O) groups excluding carboxylic acids is 1. The Hall–Kier alpha value is -1.03. The van der Waals surface area contributed by atoms with Crippen LogP contribution in [-0.4, -0.2) is 18.1 Å². The average molecular weight is 298 g/mol. The molecule has 1 heterocycles. The van der Waals surface area contributed by atoms with Gasteiger partial charge in [-0.05, 0) is 44.9 Å². The fraction of sp³-hybridized carbons (Fsp3) is 0.462. The molecule has 0 aromatic heterocycles. The number of hydrogen-bond acceptors (Lipinski definition) is 3. The van der Waals surface area contributed by atoms with Gasteiger partial charge in [0, 0.05) is 16.7 Å². The lowest BCUT2D eigenvalue weighted by Crippen LogP contribution is -2.24. The third-order valence-corrected chi connectivity index (χ3v) is 2.98. The van der Waals surface area contributed by atoms with Crippen molar-refractivity contribution in [3.8, 4) is 0 Å². The number of esters is 1. The van der Waals surface area contributed by atoms with Crippen molar-refractivity contribution in [3.63, 3.8) is 0 Å². The predicted octanol–water partition coefficient (Wildman–Crippen LogP) is 3.37. The summed E-state index contributed by atoms with van der Waals surface area (Å²) in [6, 6.07) is 3.83. The molecule has 0 aliphatic carbocycles. The summed E-state index contributed by atoms with van der Waals surface area (Å²) >= 11 is 3.42. The lowest BCUT2D eigenvalue weighted by molar-refractivity contribution is 0.00685. The second-order valence-corrected chi connectivity index (χ2v) is 6.07. The van der Waals surface area contributed by atoms with Crippen LogP contribution in [0.15, 0.2) is 16.6 Å². The second kappa shape index (κ2) is 4.33. The Kier molecular flexibility index (Phi) is 3.17. The zero-order chi connectivity index (χ0) is 12.6. The molecule has 2 rings (SSSR count). The second-order valence-electron chi connectivity index (χ2n) is 5.16. The standard InChI is InChI=1S/C13H16BrNO2/c1-13(2,3)17-12(16)10-6-8(14)7-11-9(10)4-5-15-11/h6-7,15H,4-5H2,1-3H3. The number of rotatable bonds is 1. The molecule has 0 unspecified atom stereocenters. The maximum atomic E-state index is 12.1. The smallest absolute Gasteiger partial charge is 0.339 e. The summed E-state index contributed by atoms with van der Waals surface area (Å²) in [4.78, 5) is 12.1. The van der Waals surface area contributed by atoms with E-state index < -0.39 is 5.60 Å². The minimum absolute atomic E-state index is 0.251. The summed E-state index contributed by atoms with van der Waals surface area (Å²) in [5.74, 6) is -0.251. The first kappa shape index (κ1) is 12.4. The third-order valence-electron chi connectivity index (χ3n) is 2.52. The van der Waals surface area contributed by atoms with Crippen molar-refractivity contribution in [2.75, 3.05) is 11.9 Å². The van der Waals surface area contributed by atoms with Crippen molar-refractivity contribution < 1.29 is 9.53 Å². The Morgan fingerprint density at radius 3 is 2.76 bits per heavy atom. The van der Waals surface area contributed by atoms with Gasteiger partial charge in [0.15, 0.2) is 0 Å². The molecule has 3 nitrogen and oxygen atoms in total. The molecule has 1 aliphatic rings. The Labute approximate surface area is 110 Å². The van der Waals surface area contributed by atoms with E-state index in [0.29, 0.717) is 5.56 Å². The summed E-state index contributed by atoms with van der Waals surface area (Å²) in [5, 5.41) is 3.26. The van der Waals surface area contributed by atoms with Crippen LogP contribution in [0.1, 0.15) is 36.7 Å². The van der Waals surface area contributed by atoms with E-state index in [1.165, 1.54) is 0 Å². The van der Waals surface area contributed by atoms with E-state index in [1.54, 1.807) is 0 Å². The molecule has 0 fully saturated rings. The van der Waals surface area contributed by atoms with Crippen LogP contribution in [0.25, 0.3) is 0 Å². The fourth-order valence-electron chi connectivity index (χ4n) is 1.90. The Bertz CT molecular complexity index is 463. The predicted molar refractivity (Wildman–Crippen MR) is 71.5 cm³/mol. The van der Waals surface area contributed by atoms with Crippen LogP contribution >= 0.6 is 15.9 Å². The quantitative estimate of drug-likeness (QED) is 0.808. The van der Waals surface area contributed by atoms with Crippen molar-refractivity contribution >= 4 is 27.6 Å². The molecule has 92 valence electrons. The monoisotopic (exact) mass is 297 g/mol. The van der Waals surface area contributed by atoms with Gasteiger partial charge in [-0.1, -0.05) is 15.9 Å². The topological polar surface area (TPSA) is 38.3 Å². The molecular formula is C13H16BrNO2. The van der Waals surface area contributed by atoms with Crippen LogP contribution in [0.3, 0.4) is 0 Å². The molecule has 0 saturated heterocycles. The molecule has 4 heteroatoms. The highest BCUT2D eigenvalue weighted by Crippen LogP contribution is 2.31. The molecule has 0 saturated carbocycles. The first-order valence-electron chi connectivity index (χ1n) is 5.66. The van der Waals surface area contributed by atoms with E-state index in [1.807, 2.05) is 32.9 Å². The molecule has 0 atom stereocenters. The molecule has 1 aromatic rings. The van der Waals surface area contributed by atoms with Crippen molar-refractivity contribution in [2.45, 2.75) is 32.8 Å². The van der Waals surface area contributed by atoms with Gasteiger partial charge in [-0.25, -0.2) is 4.79 Å². The number of carbonyl (C=O) groups is 1. The van der Waals surface area contributed by atoms with Crippen LogP contribution < -0.4 is 5.32 Å². The number of ether oxygens (including phenoxy) is 1. The van der Waals surface area contributed by atoms with Crippen LogP contribution in [-0.2, 0) is 11.2 Å². The number of halogens is 1. The summed E-state index contributed by atoms with van der Waals surface area (Å²) in [5.41, 5.74) is 2.29. The van der Waals surface area contributed by atoms with E-state index in [2.05, 4.69) is 21.2 Å². The molecule has 1 aromatic carbocycles. The van der Waals surface area contributed by atoms with Crippen LogP contribution in [0.4, 0.5) is 5.69 Å². The largest absolute Gasteiger partial charge is 0.456 e. The number of fused-ring (bicyclic) bond motifs is 1. The van der Waals surface area contributed by atoms with Gasteiger partial charge < -0.3 is 10.1 Å². The van der Waals surface area contributed by atoms with Crippen LogP contribution in [0, 0.1) is 0 Å². The molecule has 0 spiro atoms. The maximum Gasteiger partial charge on any atom is 0.339 e. The Balaban J connectivity index is 2.36. The van der Waals surface area contributed by atoms with E-state index >= 15 is 0 Å². The highest BCUT2D eigenvalue weighted by atomic mass is 79.9. The van der Waals surface area contributed by atoms with Gasteiger partial charge in [0.05, 0.1) is 5.56 Å². The SMILES string of the molecule is CC(C)(C)OC(=O)c1cc(Br)cc2c1CCN2. The normalized spacial score (nSPS) is 14.1. The van der Waals surface area contributed by atoms with Crippen molar-refractivity contribution in [3.05, 3.63) is 27.7 Å². The first-order chi connectivity index (χ1) is 7.87. The number of hydrogen-bond donors (Lipinski definition) is 1. The summed E-state index contributed by atoms with van der Waals surface area (Å²) in [6.45, 7) is 6.51. The van der Waals surface area contributed by atoms with Gasteiger partial charge in [-0.15, -0.1) is 0 Å². The molecular weight excluding hydrogens is 282 g/mol. The average Bonchev–Trinajstić information content (AvgIpc) is 2.60. The van der Waals surface area contributed by atoms with Gasteiger partial charge in [-0.2, -0.15) is 0 Å². The van der Waals surface area contributed by atoms with Gasteiger partial charge in [0.2, 0.25) is 0 Å². The van der Waals surface area contributed by atoms with E-state index in [9.17, 15) is 4.79 Å². The fourth-order valence-corrected chi connectivity index (χ4v) is 2.36. The molecule has 0 amide bonds. The highest BCUT2D eigenvalue weighted by molar-refractivity contribution is 9.10. The summed E-state index contributed by atoms with van der Waals surface area (Å²) in [7, 11) is 0. The first-order valence-corrected chi connectivity index (χ1v) is 6.46. The lowest BCUT2D eigenvalue weighted by atomic mass is 10.0. The van der Waals surface area contributed by atoms with Gasteiger partial charge in [0.1, 0.15) is 5.60 Å². The molecule has 1 aliphatic heterocycles. The molecule has 1 N–H and O–H groups in total. The lowest BCUT2D eigenvalue weighted by Gasteiger charge is -2.20. The molecule has 0 bridgehead atoms. The van der Waals surface area contributed by atoms with Gasteiger partial charge >= 0.3 is 5.97 Å². The van der Waals surface area contributed by atoms with Gasteiger partial charge in [-0.3, -0.25) is 0 Å². The van der Waals surface area contributed by atoms with Crippen LogP contribution in [0.5, 0.6) is 0 Å². The number of benzene rings is 1. The van der Waals surface area contributed by atoms with Crippen molar-refractivity contribution in [1.29, 1.82) is 0 Å². The van der Waals surface area contributed by atoms with E-state index in [4.69, 9.17) is 4.74 Å². The third kappa shape index (κ3) is 2.80. The van der Waals surface area contributed by atoms with Crippen LogP contribution in [0.2, 0.25) is 0 Å².